The molecule has 0 saturated carbocycles. The van der Waals surface area contributed by atoms with Gasteiger partial charge in [-0.3, -0.25) is 24.1 Å². The van der Waals surface area contributed by atoms with E-state index in [1.807, 2.05) is 11.8 Å². The van der Waals surface area contributed by atoms with E-state index >= 15 is 0 Å². The van der Waals surface area contributed by atoms with E-state index < -0.39 is 41.6 Å². The van der Waals surface area contributed by atoms with Gasteiger partial charge in [0.1, 0.15) is 23.9 Å². The van der Waals surface area contributed by atoms with Crippen molar-refractivity contribution in [1.82, 2.24) is 20.9 Å². The number of hydrogen-bond acceptors (Lipinski definition) is 9. The zero-order chi connectivity index (χ0) is 31.0. The van der Waals surface area contributed by atoms with Crippen molar-refractivity contribution in [3.05, 3.63) is 41.5 Å². The number of allylic oxidation sites excluding steroid dienone is 1. The highest BCUT2D eigenvalue weighted by molar-refractivity contribution is 5.95. The molecule has 4 N–H and O–H groups in total. The van der Waals surface area contributed by atoms with Crippen LogP contribution in [0.15, 0.2) is 35.9 Å². The van der Waals surface area contributed by atoms with E-state index in [4.69, 9.17) is 14.2 Å². The predicted molar refractivity (Wildman–Crippen MR) is 157 cm³/mol. The Morgan fingerprint density at radius 2 is 1.77 bits per heavy atom. The standard InChI is InChI=1S/C31H44N4O8/c1-20(32-26(37)18-35-12-14-42-15-13-35)29(39)34-27(28(38)22-8-10-23(41-3)11-9-22)30(40)33-24(16-21-6-4-5-7-21)25(36)17-31(2)19-43-31/h6,8-11,20,24,27-28,38H,4-5,7,12-19H2,1-3H3,(H,32,37)(H,33,40)(H,34,39). The summed E-state index contributed by atoms with van der Waals surface area (Å²) in [6.45, 7) is 6.26. The van der Waals surface area contributed by atoms with Crippen LogP contribution in [-0.4, -0.2) is 104 Å². The molecule has 43 heavy (non-hydrogen) atoms. The van der Waals surface area contributed by atoms with Crippen LogP contribution >= 0.6 is 0 Å². The van der Waals surface area contributed by atoms with Gasteiger partial charge in [0.05, 0.1) is 45.1 Å². The minimum Gasteiger partial charge on any atom is -0.497 e. The Balaban J connectivity index is 1.48. The Bertz CT molecular complexity index is 1180. The largest absolute Gasteiger partial charge is 0.497 e. The number of morpholine rings is 1. The monoisotopic (exact) mass is 600 g/mol. The minimum absolute atomic E-state index is 0.113. The summed E-state index contributed by atoms with van der Waals surface area (Å²) in [5, 5.41) is 19.4. The van der Waals surface area contributed by atoms with Crippen molar-refractivity contribution in [2.24, 2.45) is 0 Å². The number of ketones is 1. The highest BCUT2D eigenvalue weighted by Gasteiger charge is 2.43. The molecule has 2 fully saturated rings. The molecule has 1 aromatic carbocycles. The van der Waals surface area contributed by atoms with Gasteiger partial charge in [0.2, 0.25) is 17.7 Å². The molecule has 0 radical (unpaired) electrons. The van der Waals surface area contributed by atoms with E-state index in [0.29, 0.717) is 50.6 Å². The van der Waals surface area contributed by atoms with Gasteiger partial charge in [-0.05, 0) is 57.2 Å². The highest BCUT2D eigenvalue weighted by atomic mass is 16.6. The summed E-state index contributed by atoms with van der Waals surface area (Å²) in [7, 11) is 1.51. The van der Waals surface area contributed by atoms with Crippen molar-refractivity contribution in [1.29, 1.82) is 0 Å². The molecule has 3 aliphatic rings. The van der Waals surface area contributed by atoms with Gasteiger partial charge in [0, 0.05) is 19.5 Å². The summed E-state index contributed by atoms with van der Waals surface area (Å²) >= 11 is 0. The van der Waals surface area contributed by atoms with Gasteiger partial charge in [0.15, 0.2) is 5.78 Å². The van der Waals surface area contributed by atoms with Crippen molar-refractivity contribution in [3.8, 4) is 5.75 Å². The molecule has 0 aromatic heterocycles. The molecule has 0 bridgehead atoms. The number of nitrogens with zero attached hydrogens (tertiary/aromatic N) is 1. The molecule has 4 rings (SSSR count). The molecule has 1 aliphatic carbocycles. The Hall–Kier alpha value is -3.32. The first kappa shape index (κ1) is 32.6. The smallest absolute Gasteiger partial charge is 0.246 e. The average molecular weight is 601 g/mol. The number of epoxide rings is 1. The number of Topliss-reactive ketones (excluding diaryl/α,β-unsaturated/α-hetero) is 1. The van der Waals surface area contributed by atoms with Crippen LogP contribution in [0.2, 0.25) is 0 Å². The van der Waals surface area contributed by atoms with Crippen LogP contribution in [0.5, 0.6) is 5.75 Å². The highest BCUT2D eigenvalue weighted by Crippen LogP contribution is 2.32. The third kappa shape index (κ3) is 9.59. The Morgan fingerprint density at radius 1 is 1.07 bits per heavy atom. The van der Waals surface area contributed by atoms with Crippen molar-refractivity contribution in [2.75, 3.05) is 46.6 Å². The second-order valence-electron chi connectivity index (χ2n) is 11.8. The number of aliphatic hydroxyl groups excluding tert-OH is 1. The van der Waals surface area contributed by atoms with Crippen LogP contribution in [0.25, 0.3) is 0 Å². The van der Waals surface area contributed by atoms with E-state index in [0.717, 1.165) is 24.8 Å². The van der Waals surface area contributed by atoms with Gasteiger partial charge < -0.3 is 35.3 Å². The second-order valence-corrected chi connectivity index (χ2v) is 11.8. The van der Waals surface area contributed by atoms with E-state index in [2.05, 4.69) is 22.0 Å². The molecule has 2 saturated heterocycles. The molecule has 236 valence electrons. The maximum absolute atomic E-state index is 13.8. The number of amides is 3. The number of carbonyl (C=O) groups is 4. The lowest BCUT2D eigenvalue weighted by Gasteiger charge is -2.29. The maximum Gasteiger partial charge on any atom is 0.246 e. The third-order valence-electron chi connectivity index (χ3n) is 8.09. The Kier molecular flexibility index (Phi) is 11.3. The molecule has 12 nitrogen and oxygen atoms in total. The van der Waals surface area contributed by atoms with Gasteiger partial charge in [-0.1, -0.05) is 23.8 Å². The number of methoxy groups -OCH3 is 1. The third-order valence-corrected chi connectivity index (χ3v) is 8.09. The lowest BCUT2D eigenvalue weighted by molar-refractivity contribution is -0.136. The molecule has 2 heterocycles. The van der Waals surface area contributed by atoms with E-state index in [1.165, 1.54) is 14.0 Å². The number of benzene rings is 1. The molecule has 3 amide bonds. The van der Waals surface area contributed by atoms with E-state index in [1.54, 1.807) is 24.3 Å². The summed E-state index contributed by atoms with van der Waals surface area (Å²) in [6, 6.07) is 3.20. The summed E-state index contributed by atoms with van der Waals surface area (Å²) in [6.07, 6.45) is 3.92. The summed E-state index contributed by atoms with van der Waals surface area (Å²) in [5.41, 5.74) is 0.925. The van der Waals surface area contributed by atoms with Crippen molar-refractivity contribution in [2.45, 2.75) is 75.8 Å². The quantitative estimate of drug-likeness (QED) is 0.169. The first-order chi connectivity index (χ1) is 20.6. The van der Waals surface area contributed by atoms with Gasteiger partial charge in [-0.15, -0.1) is 0 Å². The average Bonchev–Trinajstić information content (AvgIpc) is 3.48. The number of hydrogen-bond donors (Lipinski definition) is 4. The fourth-order valence-electron chi connectivity index (χ4n) is 5.28. The molecule has 0 spiro atoms. The van der Waals surface area contributed by atoms with Crippen LogP contribution in [-0.2, 0) is 28.7 Å². The molecule has 12 heteroatoms. The number of nitrogens with one attached hydrogen (secondary N) is 3. The molecular weight excluding hydrogens is 556 g/mol. The van der Waals surface area contributed by atoms with Gasteiger partial charge >= 0.3 is 0 Å². The van der Waals surface area contributed by atoms with E-state index in [-0.39, 0.29) is 24.7 Å². The Morgan fingerprint density at radius 3 is 2.37 bits per heavy atom. The summed E-state index contributed by atoms with van der Waals surface area (Å²) in [5.74, 6) is -1.31. The zero-order valence-corrected chi connectivity index (χ0v) is 25.2. The topological polar surface area (TPSA) is 159 Å². The zero-order valence-electron chi connectivity index (χ0n) is 25.2. The van der Waals surface area contributed by atoms with Gasteiger partial charge in [-0.2, -0.15) is 0 Å². The van der Waals surface area contributed by atoms with Crippen molar-refractivity contribution < 1.29 is 38.5 Å². The SMILES string of the molecule is COc1ccc(C(O)C(NC(=O)C(C)NC(=O)CN2CCOCC2)C(=O)NC(CC2=CCCC2)C(=O)CC2(C)CO2)cc1. The number of carbonyl (C=O) groups excluding carboxylic acids is 4. The summed E-state index contributed by atoms with van der Waals surface area (Å²) < 4.78 is 15.9. The fourth-order valence-corrected chi connectivity index (χ4v) is 5.28. The van der Waals surface area contributed by atoms with Crippen molar-refractivity contribution >= 4 is 23.5 Å². The van der Waals surface area contributed by atoms with Gasteiger partial charge in [0.25, 0.3) is 0 Å². The number of ether oxygens (including phenoxy) is 3. The summed E-state index contributed by atoms with van der Waals surface area (Å²) in [4.78, 5) is 54.9. The van der Waals surface area contributed by atoms with Crippen molar-refractivity contribution in [3.63, 3.8) is 0 Å². The number of aliphatic hydroxyl groups is 1. The second kappa shape index (κ2) is 14.9. The van der Waals surface area contributed by atoms with Crippen LogP contribution in [0.3, 0.4) is 0 Å². The number of rotatable bonds is 15. The lowest BCUT2D eigenvalue weighted by Crippen LogP contribution is -2.57. The van der Waals surface area contributed by atoms with Crippen LogP contribution in [0.1, 0.15) is 57.6 Å². The molecule has 5 unspecified atom stereocenters. The first-order valence-corrected chi connectivity index (χ1v) is 14.9. The molecule has 2 aliphatic heterocycles. The maximum atomic E-state index is 13.8. The van der Waals surface area contributed by atoms with Crippen LogP contribution < -0.4 is 20.7 Å². The Labute approximate surface area is 252 Å². The normalized spacial score (nSPS) is 22.8. The van der Waals surface area contributed by atoms with Crippen LogP contribution in [0, 0.1) is 0 Å². The molecular formula is C31H44N4O8. The van der Waals surface area contributed by atoms with E-state index in [9.17, 15) is 24.3 Å². The fraction of sp³-hybridized carbons (Fsp3) is 0.613. The molecule has 1 aromatic rings. The minimum atomic E-state index is -1.45. The van der Waals surface area contributed by atoms with Crippen LogP contribution in [0.4, 0.5) is 0 Å². The predicted octanol–water partition coefficient (Wildman–Crippen LogP) is 0.784. The lowest BCUT2D eigenvalue weighted by atomic mass is 9.94. The van der Waals surface area contributed by atoms with Gasteiger partial charge in [-0.25, -0.2) is 0 Å². The molecule has 5 atom stereocenters. The first-order valence-electron chi connectivity index (χ1n) is 14.9.